The Morgan fingerprint density at radius 3 is 2.78 bits per heavy atom. The monoisotopic (exact) mass is 495 g/mol. The van der Waals surface area contributed by atoms with Crippen LogP contribution < -0.4 is 14.9 Å². The van der Waals surface area contributed by atoms with Gasteiger partial charge in [0.2, 0.25) is 0 Å². The van der Waals surface area contributed by atoms with Crippen LogP contribution in [-0.2, 0) is 6.61 Å². The lowest BCUT2D eigenvalue weighted by atomic mass is 10.1. The quantitative estimate of drug-likeness (QED) is 0.250. The van der Waals surface area contributed by atoms with Crippen LogP contribution in [0.4, 0.5) is 11.5 Å². The number of hydrazone groups is 1. The molecule has 0 saturated heterocycles. The molecule has 0 aliphatic heterocycles. The van der Waals surface area contributed by atoms with E-state index in [4.69, 9.17) is 9.47 Å². The van der Waals surface area contributed by atoms with Gasteiger partial charge in [-0.25, -0.2) is 4.98 Å². The highest BCUT2D eigenvalue weighted by molar-refractivity contribution is 9.10. The number of hydrogen-bond acceptors (Lipinski definition) is 8. The van der Waals surface area contributed by atoms with E-state index in [1.165, 1.54) is 12.1 Å². The van der Waals surface area contributed by atoms with Crippen LogP contribution in [0.1, 0.15) is 23.6 Å². The molecule has 0 spiro atoms. The molecule has 3 rings (SSSR count). The molecule has 32 heavy (non-hydrogen) atoms. The molecule has 1 heterocycles. The first-order valence-electron chi connectivity index (χ1n) is 9.48. The Balaban J connectivity index is 1.75. The van der Waals surface area contributed by atoms with E-state index in [1.54, 1.807) is 24.4 Å². The van der Waals surface area contributed by atoms with Gasteiger partial charge in [-0.3, -0.25) is 15.5 Å². The summed E-state index contributed by atoms with van der Waals surface area (Å²) < 4.78 is 12.3. The number of nitrogens with zero attached hydrogens (tertiary/aromatic N) is 4. The van der Waals surface area contributed by atoms with Crippen LogP contribution in [0.2, 0.25) is 0 Å². The Morgan fingerprint density at radius 1 is 1.28 bits per heavy atom. The number of aromatic nitrogens is 1. The highest BCUT2D eigenvalue weighted by atomic mass is 79.9. The third-order valence-corrected chi connectivity index (χ3v) is 4.78. The van der Waals surface area contributed by atoms with Gasteiger partial charge in [0.15, 0.2) is 11.5 Å². The van der Waals surface area contributed by atoms with Crippen molar-refractivity contribution >= 4 is 33.6 Å². The molecule has 0 aliphatic rings. The molecular formula is C22H18BrN5O4. The number of hydrogen-bond donors (Lipinski definition) is 1. The van der Waals surface area contributed by atoms with Gasteiger partial charge in [0.05, 0.1) is 33.9 Å². The van der Waals surface area contributed by atoms with Crippen LogP contribution in [0.3, 0.4) is 0 Å². The van der Waals surface area contributed by atoms with E-state index in [-0.39, 0.29) is 12.3 Å². The number of ether oxygens (including phenoxy) is 2. The first kappa shape index (κ1) is 22.7. The Kier molecular flexibility index (Phi) is 7.72. The van der Waals surface area contributed by atoms with E-state index >= 15 is 0 Å². The second-order valence-electron chi connectivity index (χ2n) is 6.35. The van der Waals surface area contributed by atoms with Gasteiger partial charge in [0.25, 0.3) is 5.69 Å². The molecule has 0 aliphatic carbocycles. The van der Waals surface area contributed by atoms with E-state index < -0.39 is 4.92 Å². The molecule has 0 fully saturated rings. The Morgan fingerprint density at radius 2 is 2.09 bits per heavy atom. The molecular weight excluding hydrogens is 478 g/mol. The first-order chi connectivity index (χ1) is 15.5. The van der Waals surface area contributed by atoms with Gasteiger partial charge in [0.1, 0.15) is 18.6 Å². The summed E-state index contributed by atoms with van der Waals surface area (Å²) >= 11 is 3.51. The molecule has 162 valence electrons. The van der Waals surface area contributed by atoms with Crippen molar-refractivity contribution < 1.29 is 14.4 Å². The maximum absolute atomic E-state index is 10.7. The summed E-state index contributed by atoms with van der Waals surface area (Å²) in [6.07, 6.45) is 2.71. The van der Waals surface area contributed by atoms with Crippen molar-refractivity contribution in [3.8, 4) is 17.6 Å². The molecule has 0 amide bonds. The molecule has 0 saturated carbocycles. The molecule has 9 nitrogen and oxygen atoms in total. The smallest absolute Gasteiger partial charge is 0.287 e. The second-order valence-corrected chi connectivity index (χ2v) is 7.20. The summed E-state index contributed by atoms with van der Waals surface area (Å²) in [5.74, 6) is 1.40. The summed E-state index contributed by atoms with van der Waals surface area (Å²) in [6, 6.07) is 15.8. The standard InChI is InChI=1S/C22H18BrN5O4/c1-2-31-20-10-15(12-26-27-21-8-7-18(13-25-21)28(29)30)9-19(23)22(20)32-14-17-6-4-3-5-16(17)11-24/h3-10,12-13H,2,14H2,1H3,(H,25,27)/b26-12-. The van der Waals surface area contributed by atoms with Crippen molar-refractivity contribution in [3.63, 3.8) is 0 Å². The van der Waals surface area contributed by atoms with Crippen molar-refractivity contribution in [2.45, 2.75) is 13.5 Å². The number of pyridine rings is 1. The number of nitrogens with one attached hydrogen (secondary N) is 1. The summed E-state index contributed by atoms with van der Waals surface area (Å²) in [4.78, 5) is 14.1. The molecule has 0 atom stereocenters. The number of halogens is 1. The average molecular weight is 496 g/mol. The Labute approximate surface area is 192 Å². The molecule has 1 aromatic heterocycles. The number of nitriles is 1. The van der Waals surface area contributed by atoms with E-state index in [0.717, 1.165) is 17.3 Å². The fourth-order valence-electron chi connectivity index (χ4n) is 2.70. The molecule has 10 heteroatoms. The minimum Gasteiger partial charge on any atom is -0.490 e. The van der Waals surface area contributed by atoms with Crippen LogP contribution >= 0.6 is 15.9 Å². The Bertz CT molecular complexity index is 1180. The van der Waals surface area contributed by atoms with E-state index in [9.17, 15) is 15.4 Å². The molecule has 2 aromatic carbocycles. The zero-order valence-electron chi connectivity index (χ0n) is 17.0. The lowest BCUT2D eigenvalue weighted by Gasteiger charge is -2.15. The third kappa shape index (κ3) is 5.80. The molecule has 3 aromatic rings. The van der Waals surface area contributed by atoms with Gasteiger partial charge in [-0.15, -0.1) is 0 Å². The van der Waals surface area contributed by atoms with Crippen molar-refractivity contribution in [1.29, 1.82) is 5.26 Å². The van der Waals surface area contributed by atoms with Gasteiger partial charge < -0.3 is 9.47 Å². The largest absolute Gasteiger partial charge is 0.490 e. The van der Waals surface area contributed by atoms with Gasteiger partial charge in [-0.1, -0.05) is 18.2 Å². The topological polar surface area (TPSA) is 123 Å². The van der Waals surface area contributed by atoms with Crippen molar-refractivity contribution in [2.24, 2.45) is 5.10 Å². The molecule has 1 N–H and O–H groups in total. The van der Waals surface area contributed by atoms with Crippen LogP contribution in [0.25, 0.3) is 0 Å². The molecule has 0 radical (unpaired) electrons. The number of anilines is 1. The maximum atomic E-state index is 10.7. The predicted molar refractivity (Wildman–Crippen MR) is 123 cm³/mol. The fourth-order valence-corrected chi connectivity index (χ4v) is 3.28. The highest BCUT2D eigenvalue weighted by Gasteiger charge is 2.13. The maximum Gasteiger partial charge on any atom is 0.287 e. The van der Waals surface area contributed by atoms with Crippen molar-refractivity contribution in [1.82, 2.24) is 4.98 Å². The second kappa shape index (κ2) is 10.9. The zero-order chi connectivity index (χ0) is 22.9. The minimum absolute atomic E-state index is 0.0993. The first-order valence-corrected chi connectivity index (χ1v) is 10.3. The normalized spacial score (nSPS) is 10.5. The summed E-state index contributed by atoms with van der Waals surface area (Å²) in [5, 5.41) is 24.1. The van der Waals surface area contributed by atoms with Crippen LogP contribution in [0.15, 0.2) is 64.3 Å². The number of rotatable bonds is 9. The zero-order valence-corrected chi connectivity index (χ0v) is 18.6. The third-order valence-electron chi connectivity index (χ3n) is 4.19. The minimum atomic E-state index is -0.518. The van der Waals surface area contributed by atoms with Gasteiger partial charge in [-0.05, 0) is 52.7 Å². The highest BCUT2D eigenvalue weighted by Crippen LogP contribution is 2.37. The average Bonchev–Trinajstić information content (AvgIpc) is 2.79. The Hall–Kier alpha value is -3.97. The van der Waals surface area contributed by atoms with Crippen LogP contribution in [0.5, 0.6) is 11.5 Å². The van der Waals surface area contributed by atoms with Crippen LogP contribution in [0, 0.1) is 21.4 Å². The lowest BCUT2D eigenvalue weighted by molar-refractivity contribution is -0.385. The van der Waals surface area contributed by atoms with E-state index in [0.29, 0.717) is 34.0 Å². The van der Waals surface area contributed by atoms with Gasteiger partial charge >= 0.3 is 0 Å². The van der Waals surface area contributed by atoms with E-state index in [2.05, 4.69) is 37.5 Å². The predicted octanol–water partition coefficient (Wildman–Crippen LogP) is 5.05. The SMILES string of the molecule is CCOc1cc(/C=N\Nc2ccc([N+](=O)[O-])cn2)cc(Br)c1OCc1ccccc1C#N. The van der Waals surface area contributed by atoms with Gasteiger partial charge in [-0.2, -0.15) is 10.4 Å². The molecule has 0 unspecified atom stereocenters. The summed E-state index contributed by atoms with van der Waals surface area (Å²) in [5.41, 5.74) is 4.67. The fraction of sp³-hybridized carbons (Fsp3) is 0.136. The van der Waals surface area contributed by atoms with Crippen molar-refractivity contribution in [3.05, 3.63) is 86.0 Å². The van der Waals surface area contributed by atoms with Crippen LogP contribution in [-0.4, -0.2) is 22.7 Å². The number of nitro groups is 1. The van der Waals surface area contributed by atoms with E-state index in [1.807, 2.05) is 25.1 Å². The summed E-state index contributed by atoms with van der Waals surface area (Å²) in [6.45, 7) is 2.51. The molecule has 0 bridgehead atoms. The van der Waals surface area contributed by atoms with Crippen molar-refractivity contribution in [2.75, 3.05) is 12.0 Å². The lowest BCUT2D eigenvalue weighted by Crippen LogP contribution is -2.03. The van der Waals surface area contributed by atoms with Gasteiger partial charge in [0, 0.05) is 11.6 Å². The number of benzene rings is 2. The summed E-state index contributed by atoms with van der Waals surface area (Å²) in [7, 11) is 0.